The number of aromatic nitrogens is 3. The minimum atomic E-state index is 0.0415. The standard InChI is InChI=1S/C41H28N6/c1-5-13-34-24(9-1)30(20-42-34)28-17-38(32-22-44-36-15-7-3-11-26(32)36)46-40(28)19-41-29(31-21-43-35-14-6-2-10-25(31)35)18-39(47-41)33-23-45-37-16-8-4-12-27(33)37/h1-23,32-33,42,46-47H/b31-29?,41-19-/t32-,33-/m1/s1. The molecule has 3 aliphatic heterocycles. The van der Waals surface area contributed by atoms with Crippen LogP contribution in [-0.2, 0) is 0 Å². The van der Waals surface area contributed by atoms with E-state index in [1.165, 1.54) is 16.5 Å². The number of rotatable bonds is 4. The number of aliphatic imine (C=N–C) groups is 3. The summed E-state index contributed by atoms with van der Waals surface area (Å²) >= 11 is 0. The van der Waals surface area contributed by atoms with Crippen molar-refractivity contribution < 1.29 is 0 Å². The Morgan fingerprint density at radius 1 is 0.574 bits per heavy atom. The number of hydrogen-bond donors (Lipinski definition) is 3. The zero-order valence-electron chi connectivity index (χ0n) is 25.3. The fourth-order valence-corrected chi connectivity index (χ4v) is 7.37. The lowest BCUT2D eigenvalue weighted by Gasteiger charge is -2.07. The van der Waals surface area contributed by atoms with Crippen LogP contribution in [0.3, 0.4) is 0 Å². The molecule has 0 saturated carbocycles. The Bertz CT molecular complexity index is 2610. The number of fused-ring (bicyclic) bond motifs is 4. The van der Waals surface area contributed by atoms with Crippen LogP contribution in [0.4, 0.5) is 17.1 Å². The van der Waals surface area contributed by atoms with Gasteiger partial charge in [-0.2, -0.15) is 0 Å². The third kappa shape index (κ3) is 4.08. The molecular weight excluding hydrogens is 576 g/mol. The summed E-state index contributed by atoms with van der Waals surface area (Å²) in [6.07, 6.45) is 10.5. The quantitative estimate of drug-likeness (QED) is 0.182. The highest BCUT2D eigenvalue weighted by atomic mass is 14.8. The zero-order valence-corrected chi connectivity index (χ0v) is 25.3. The molecule has 0 bridgehead atoms. The molecular formula is C41H28N6. The van der Waals surface area contributed by atoms with Gasteiger partial charge in [-0.3, -0.25) is 15.0 Å². The fraction of sp³-hybridized carbons (Fsp3) is 0.0488. The summed E-state index contributed by atoms with van der Waals surface area (Å²) < 4.78 is 0. The van der Waals surface area contributed by atoms with Crippen molar-refractivity contribution in [2.24, 2.45) is 15.0 Å². The first-order chi connectivity index (χ1) is 23.3. The number of nitrogens with zero attached hydrogens (tertiary/aromatic N) is 3. The van der Waals surface area contributed by atoms with E-state index in [1.807, 2.05) is 30.6 Å². The molecule has 2 atom stereocenters. The van der Waals surface area contributed by atoms with Crippen molar-refractivity contribution in [3.63, 3.8) is 0 Å². The highest BCUT2D eigenvalue weighted by molar-refractivity contribution is 6.16. The van der Waals surface area contributed by atoms with Crippen LogP contribution in [0.25, 0.3) is 33.7 Å². The van der Waals surface area contributed by atoms with Crippen molar-refractivity contribution >= 4 is 58.3 Å². The summed E-state index contributed by atoms with van der Waals surface area (Å²) in [5, 5.41) is 3.32. The van der Waals surface area contributed by atoms with Crippen LogP contribution in [0.15, 0.2) is 130 Å². The number of H-pyrrole nitrogens is 3. The molecule has 0 fully saturated rings. The molecule has 4 aromatic carbocycles. The first kappa shape index (κ1) is 26.0. The average Bonchev–Trinajstić information content (AvgIpc) is 3.96. The number of aromatic amines is 3. The molecule has 0 aliphatic carbocycles. The molecule has 3 aliphatic rings. The Hall–Kier alpha value is -6.27. The maximum Gasteiger partial charge on any atom is 0.0709 e. The van der Waals surface area contributed by atoms with Crippen LogP contribution in [-0.4, -0.2) is 33.6 Å². The second kappa shape index (κ2) is 10.1. The van der Waals surface area contributed by atoms with Gasteiger partial charge in [-0.1, -0.05) is 72.8 Å². The molecule has 0 amide bonds. The van der Waals surface area contributed by atoms with E-state index >= 15 is 0 Å². The van der Waals surface area contributed by atoms with Crippen LogP contribution in [0.1, 0.15) is 45.6 Å². The monoisotopic (exact) mass is 604 g/mol. The Kier molecular flexibility index (Phi) is 5.60. The van der Waals surface area contributed by atoms with Crippen molar-refractivity contribution in [2.75, 3.05) is 0 Å². The molecule has 6 nitrogen and oxygen atoms in total. The van der Waals surface area contributed by atoms with E-state index in [0.717, 1.165) is 72.5 Å². The summed E-state index contributed by atoms with van der Waals surface area (Å²) in [5.41, 5.74) is 14.3. The molecule has 0 radical (unpaired) electrons. The number of para-hydroxylation sites is 4. The Balaban J connectivity index is 1.22. The molecule has 6 heterocycles. The van der Waals surface area contributed by atoms with E-state index in [-0.39, 0.29) is 11.8 Å². The second-order valence-corrected chi connectivity index (χ2v) is 12.3. The Morgan fingerprint density at radius 3 is 2.02 bits per heavy atom. The van der Waals surface area contributed by atoms with Crippen molar-refractivity contribution in [2.45, 2.75) is 11.8 Å². The lowest BCUT2D eigenvalue weighted by atomic mass is 9.97. The Labute approximate surface area is 270 Å². The molecule has 3 aromatic heterocycles. The van der Waals surface area contributed by atoms with Gasteiger partial charge in [0.2, 0.25) is 0 Å². The normalized spacial score (nSPS) is 18.8. The highest BCUT2D eigenvalue weighted by Crippen LogP contribution is 2.40. The average molecular weight is 605 g/mol. The molecule has 6 heteroatoms. The van der Waals surface area contributed by atoms with Gasteiger partial charge in [0.05, 0.1) is 28.9 Å². The van der Waals surface area contributed by atoms with Gasteiger partial charge in [0, 0.05) is 85.7 Å². The van der Waals surface area contributed by atoms with Gasteiger partial charge in [-0.25, -0.2) is 0 Å². The highest BCUT2D eigenvalue weighted by Gasteiger charge is 2.25. The molecule has 47 heavy (non-hydrogen) atoms. The third-order valence-corrected chi connectivity index (χ3v) is 9.66. The summed E-state index contributed by atoms with van der Waals surface area (Å²) in [6, 6.07) is 38.2. The lowest BCUT2D eigenvalue weighted by Crippen LogP contribution is -2.25. The maximum absolute atomic E-state index is 4.78. The molecule has 0 spiro atoms. The zero-order chi connectivity index (χ0) is 30.9. The smallest absolute Gasteiger partial charge is 0.0709 e. The minimum absolute atomic E-state index is 0.0415. The van der Waals surface area contributed by atoms with Crippen LogP contribution in [0.5, 0.6) is 0 Å². The topological polar surface area (TPSA) is 84.4 Å². The summed E-state index contributed by atoms with van der Waals surface area (Å²) in [4.78, 5) is 25.5. The van der Waals surface area contributed by atoms with Gasteiger partial charge in [0.25, 0.3) is 0 Å². The summed E-state index contributed by atoms with van der Waals surface area (Å²) in [7, 11) is 0. The van der Waals surface area contributed by atoms with Gasteiger partial charge >= 0.3 is 0 Å². The molecule has 222 valence electrons. The molecule has 0 saturated heterocycles. The largest absolute Gasteiger partial charge is 0.361 e. The molecule has 7 aromatic rings. The van der Waals surface area contributed by atoms with E-state index in [2.05, 4.69) is 124 Å². The van der Waals surface area contributed by atoms with E-state index in [0.29, 0.717) is 0 Å². The maximum atomic E-state index is 4.78. The lowest BCUT2D eigenvalue weighted by molar-refractivity contribution is 1.04. The predicted octanol–water partition coefficient (Wildman–Crippen LogP) is 7.93. The SMILES string of the molecule is C1=Nc2ccccc2C1=c1cc([C@@H]2C=Nc3ccccc32)[nH]/c1=C\c1[nH]c([C@@H]2C=Nc3ccccc32)cc1-c1c[nH]c2ccccc12. The second-order valence-electron chi connectivity index (χ2n) is 12.3. The number of benzene rings is 4. The van der Waals surface area contributed by atoms with Crippen molar-refractivity contribution in [3.8, 4) is 11.1 Å². The minimum Gasteiger partial charge on any atom is -0.361 e. The van der Waals surface area contributed by atoms with E-state index in [4.69, 9.17) is 15.0 Å². The van der Waals surface area contributed by atoms with Gasteiger partial charge in [0.1, 0.15) is 0 Å². The van der Waals surface area contributed by atoms with Gasteiger partial charge in [0.15, 0.2) is 0 Å². The van der Waals surface area contributed by atoms with Crippen molar-refractivity contribution in [3.05, 3.63) is 160 Å². The first-order valence-corrected chi connectivity index (χ1v) is 15.9. The summed E-state index contributed by atoms with van der Waals surface area (Å²) in [6.45, 7) is 0. The Morgan fingerprint density at radius 2 is 1.23 bits per heavy atom. The summed E-state index contributed by atoms with van der Waals surface area (Å²) in [5.74, 6) is 0.0881. The fourth-order valence-electron chi connectivity index (χ4n) is 7.37. The van der Waals surface area contributed by atoms with E-state index in [9.17, 15) is 0 Å². The van der Waals surface area contributed by atoms with E-state index < -0.39 is 0 Å². The molecule has 10 rings (SSSR count). The van der Waals surface area contributed by atoms with Crippen LogP contribution < -0.4 is 10.6 Å². The van der Waals surface area contributed by atoms with Crippen LogP contribution >= 0.6 is 0 Å². The van der Waals surface area contributed by atoms with Crippen LogP contribution in [0, 0.1) is 0 Å². The number of nitrogens with one attached hydrogen (secondary N) is 3. The van der Waals surface area contributed by atoms with Gasteiger partial charge in [-0.15, -0.1) is 0 Å². The first-order valence-electron chi connectivity index (χ1n) is 15.9. The van der Waals surface area contributed by atoms with Crippen molar-refractivity contribution in [1.82, 2.24) is 15.0 Å². The predicted molar refractivity (Wildman–Crippen MR) is 192 cm³/mol. The molecule has 0 unspecified atom stereocenters. The molecule has 3 N–H and O–H groups in total. The van der Waals surface area contributed by atoms with E-state index in [1.54, 1.807) is 0 Å². The van der Waals surface area contributed by atoms with Gasteiger partial charge < -0.3 is 15.0 Å². The van der Waals surface area contributed by atoms with Crippen molar-refractivity contribution in [1.29, 1.82) is 0 Å². The van der Waals surface area contributed by atoms with Gasteiger partial charge in [-0.05, 0) is 53.6 Å². The van der Waals surface area contributed by atoms with Crippen LogP contribution in [0.2, 0.25) is 0 Å². The third-order valence-electron chi connectivity index (χ3n) is 9.66. The number of hydrogen-bond acceptors (Lipinski definition) is 3.